The zero-order valence-corrected chi connectivity index (χ0v) is 11.5. The third kappa shape index (κ3) is 3.92. The number of rotatable bonds is 5. The Morgan fingerprint density at radius 1 is 1.29 bits per heavy atom. The highest BCUT2D eigenvalue weighted by Gasteiger charge is 2.14. The van der Waals surface area contributed by atoms with Crippen LogP contribution in [0.5, 0.6) is 5.75 Å². The Kier molecular flexibility index (Phi) is 4.71. The summed E-state index contributed by atoms with van der Waals surface area (Å²) in [7, 11) is 1.59. The minimum absolute atomic E-state index is 0.0850. The van der Waals surface area contributed by atoms with E-state index in [9.17, 15) is 14.0 Å². The molecule has 1 heterocycles. The van der Waals surface area contributed by atoms with Gasteiger partial charge in [-0.05, 0) is 24.3 Å². The van der Waals surface area contributed by atoms with Crippen molar-refractivity contribution in [1.29, 1.82) is 0 Å². The first-order valence-corrected chi connectivity index (χ1v) is 6.39. The second-order valence-corrected chi connectivity index (χ2v) is 4.45. The average molecular weight is 290 g/mol. The summed E-state index contributed by atoms with van der Waals surface area (Å²) in [6, 6.07) is 6.93. The number of benzene rings is 1. The van der Waals surface area contributed by atoms with Gasteiger partial charge in [-0.1, -0.05) is 0 Å². The second-order valence-electron chi connectivity index (χ2n) is 4.45. The summed E-state index contributed by atoms with van der Waals surface area (Å²) in [5, 5.41) is 0. The molecule has 21 heavy (non-hydrogen) atoms. The molecular formula is C15H15FN2O3. The Labute approximate surface area is 121 Å². The highest BCUT2D eigenvalue weighted by molar-refractivity contribution is 5.93. The van der Waals surface area contributed by atoms with Crippen LogP contribution >= 0.6 is 0 Å². The number of hydrogen-bond donors (Lipinski definition) is 1. The van der Waals surface area contributed by atoms with Gasteiger partial charge in [0.05, 0.1) is 6.54 Å². The number of amides is 1. The summed E-state index contributed by atoms with van der Waals surface area (Å²) >= 11 is 0. The maximum Gasteiger partial charge on any atom is 0.259 e. The molecule has 2 aromatic rings. The molecule has 1 N–H and O–H groups in total. The first-order chi connectivity index (χ1) is 10.1. The van der Waals surface area contributed by atoms with Crippen LogP contribution in [0.2, 0.25) is 0 Å². The number of nitrogens with one attached hydrogen (secondary N) is 1. The molecule has 5 nitrogen and oxygen atoms in total. The molecule has 0 saturated carbocycles. The van der Waals surface area contributed by atoms with E-state index in [2.05, 4.69) is 4.98 Å². The summed E-state index contributed by atoms with van der Waals surface area (Å²) in [6.45, 7) is 0.559. The zero-order valence-electron chi connectivity index (χ0n) is 11.5. The predicted molar refractivity (Wildman–Crippen MR) is 75.9 cm³/mol. The lowest BCUT2D eigenvalue weighted by Crippen LogP contribution is -2.33. The van der Waals surface area contributed by atoms with Crippen molar-refractivity contribution in [2.75, 3.05) is 20.2 Å². The van der Waals surface area contributed by atoms with E-state index in [0.29, 0.717) is 12.3 Å². The molecule has 2 rings (SSSR count). The lowest BCUT2D eigenvalue weighted by Gasteiger charge is -2.17. The number of likely N-dealkylation sites (N-methyl/N-ethyl adjacent to an activating group) is 1. The van der Waals surface area contributed by atoms with Gasteiger partial charge in [0.25, 0.3) is 5.91 Å². The van der Waals surface area contributed by atoms with Gasteiger partial charge in [-0.2, -0.15) is 0 Å². The number of carbonyl (C=O) groups is 1. The van der Waals surface area contributed by atoms with E-state index in [1.54, 1.807) is 7.05 Å². The van der Waals surface area contributed by atoms with Crippen molar-refractivity contribution < 1.29 is 13.9 Å². The van der Waals surface area contributed by atoms with Gasteiger partial charge in [-0.15, -0.1) is 0 Å². The van der Waals surface area contributed by atoms with Crippen molar-refractivity contribution in [3.63, 3.8) is 0 Å². The van der Waals surface area contributed by atoms with Crippen molar-refractivity contribution in [3.8, 4) is 5.75 Å². The van der Waals surface area contributed by atoms with Gasteiger partial charge in [-0.25, -0.2) is 4.39 Å². The van der Waals surface area contributed by atoms with Gasteiger partial charge in [-0.3, -0.25) is 9.59 Å². The molecule has 0 aliphatic rings. The van der Waals surface area contributed by atoms with Crippen LogP contribution < -0.4 is 10.2 Å². The third-order valence-corrected chi connectivity index (χ3v) is 2.91. The average Bonchev–Trinajstić information content (AvgIpc) is 2.49. The fourth-order valence-corrected chi connectivity index (χ4v) is 1.72. The Balaban J connectivity index is 1.88. The predicted octanol–water partition coefficient (Wildman–Crippen LogP) is 1.66. The molecule has 0 radical (unpaired) electrons. The molecule has 0 saturated heterocycles. The molecule has 1 aromatic carbocycles. The van der Waals surface area contributed by atoms with Gasteiger partial charge in [0, 0.05) is 25.5 Å². The molecule has 1 aromatic heterocycles. The van der Waals surface area contributed by atoms with Crippen LogP contribution in [0.25, 0.3) is 0 Å². The summed E-state index contributed by atoms with van der Waals surface area (Å²) in [4.78, 5) is 27.7. The summed E-state index contributed by atoms with van der Waals surface area (Å²) in [5.41, 5.74) is -0.244. The highest BCUT2D eigenvalue weighted by Crippen LogP contribution is 2.10. The molecule has 110 valence electrons. The Morgan fingerprint density at radius 3 is 2.67 bits per heavy atom. The van der Waals surface area contributed by atoms with E-state index in [4.69, 9.17) is 4.74 Å². The van der Waals surface area contributed by atoms with Crippen molar-refractivity contribution in [2.45, 2.75) is 0 Å². The minimum Gasteiger partial charge on any atom is -0.492 e. The van der Waals surface area contributed by atoms with Gasteiger partial charge in [0.1, 0.15) is 23.7 Å². The highest BCUT2D eigenvalue weighted by atomic mass is 19.1. The molecule has 1 amide bonds. The lowest BCUT2D eigenvalue weighted by atomic mass is 10.2. The number of ether oxygens (including phenoxy) is 1. The molecule has 0 fully saturated rings. The maximum absolute atomic E-state index is 12.7. The topological polar surface area (TPSA) is 62.4 Å². The molecular weight excluding hydrogens is 275 g/mol. The SMILES string of the molecule is CN(CCOc1ccc(F)cc1)C(=O)c1c[nH]ccc1=O. The van der Waals surface area contributed by atoms with Crippen LogP contribution in [-0.4, -0.2) is 36.0 Å². The number of aromatic nitrogens is 1. The van der Waals surface area contributed by atoms with Gasteiger partial charge < -0.3 is 14.6 Å². The quantitative estimate of drug-likeness (QED) is 0.911. The minimum atomic E-state index is -0.375. The largest absolute Gasteiger partial charge is 0.492 e. The Morgan fingerprint density at radius 2 is 2.00 bits per heavy atom. The van der Waals surface area contributed by atoms with E-state index in [1.165, 1.54) is 47.6 Å². The van der Waals surface area contributed by atoms with Crippen LogP contribution in [0.1, 0.15) is 10.4 Å². The molecule has 0 atom stereocenters. The molecule has 0 bridgehead atoms. The van der Waals surface area contributed by atoms with Crippen LogP contribution in [0.15, 0.2) is 47.5 Å². The molecule has 0 aliphatic heterocycles. The molecule has 0 aliphatic carbocycles. The van der Waals surface area contributed by atoms with Gasteiger partial charge in [0.2, 0.25) is 0 Å². The lowest BCUT2D eigenvalue weighted by molar-refractivity contribution is 0.0772. The van der Waals surface area contributed by atoms with Gasteiger partial charge in [0.15, 0.2) is 5.43 Å². The molecule has 0 spiro atoms. The Bertz CT molecular complexity index is 667. The second kappa shape index (κ2) is 6.69. The summed E-state index contributed by atoms with van der Waals surface area (Å²) in [6.07, 6.45) is 2.85. The van der Waals surface area contributed by atoms with Crippen molar-refractivity contribution in [3.05, 3.63) is 64.3 Å². The third-order valence-electron chi connectivity index (χ3n) is 2.91. The summed E-state index contributed by atoms with van der Waals surface area (Å²) < 4.78 is 18.1. The normalized spacial score (nSPS) is 10.2. The number of halogens is 1. The van der Waals surface area contributed by atoms with Crippen molar-refractivity contribution >= 4 is 5.91 Å². The van der Waals surface area contributed by atoms with E-state index >= 15 is 0 Å². The van der Waals surface area contributed by atoms with E-state index < -0.39 is 0 Å². The number of carbonyl (C=O) groups excluding carboxylic acids is 1. The summed E-state index contributed by atoms with van der Waals surface area (Å²) in [5.74, 6) is -0.188. The van der Waals surface area contributed by atoms with Crippen LogP contribution in [0.4, 0.5) is 4.39 Å². The zero-order chi connectivity index (χ0) is 15.2. The van der Waals surface area contributed by atoms with Crippen molar-refractivity contribution in [1.82, 2.24) is 9.88 Å². The van der Waals surface area contributed by atoms with E-state index in [0.717, 1.165) is 0 Å². The molecule has 0 unspecified atom stereocenters. The number of H-pyrrole nitrogens is 1. The first-order valence-electron chi connectivity index (χ1n) is 6.39. The van der Waals surface area contributed by atoms with Gasteiger partial charge >= 0.3 is 0 Å². The van der Waals surface area contributed by atoms with Crippen LogP contribution in [-0.2, 0) is 0 Å². The number of pyridine rings is 1. The van der Waals surface area contributed by atoms with E-state index in [1.807, 2.05) is 0 Å². The number of aromatic amines is 1. The standard InChI is InChI=1S/C15H15FN2O3/c1-18(15(20)13-10-17-7-6-14(13)19)8-9-21-12-4-2-11(16)3-5-12/h2-7,10H,8-9H2,1H3,(H,17,19). The molecule has 6 heteroatoms. The fourth-order valence-electron chi connectivity index (χ4n) is 1.72. The number of hydrogen-bond acceptors (Lipinski definition) is 3. The monoisotopic (exact) mass is 290 g/mol. The number of nitrogens with zero attached hydrogens (tertiary/aromatic N) is 1. The van der Waals surface area contributed by atoms with Crippen LogP contribution in [0, 0.1) is 5.82 Å². The van der Waals surface area contributed by atoms with Crippen LogP contribution in [0.3, 0.4) is 0 Å². The first kappa shape index (κ1) is 14.8. The maximum atomic E-state index is 12.7. The van der Waals surface area contributed by atoms with E-state index in [-0.39, 0.29) is 29.3 Å². The smallest absolute Gasteiger partial charge is 0.259 e. The fraction of sp³-hybridized carbons (Fsp3) is 0.200. The Hall–Kier alpha value is -2.63. The van der Waals surface area contributed by atoms with Crippen molar-refractivity contribution in [2.24, 2.45) is 0 Å².